The van der Waals surface area contributed by atoms with Gasteiger partial charge in [0.2, 0.25) is 0 Å². The average molecular weight is 444 g/mol. The Morgan fingerprint density at radius 2 is 1.22 bits per heavy atom. The summed E-state index contributed by atoms with van der Waals surface area (Å²) in [4.78, 5) is 0. The molecule has 0 atom stereocenters. The lowest BCUT2D eigenvalue weighted by molar-refractivity contribution is 0.0274. The molecule has 0 amide bonds. The Balaban J connectivity index is 1.40. The summed E-state index contributed by atoms with van der Waals surface area (Å²) < 4.78 is 22.4. The summed E-state index contributed by atoms with van der Waals surface area (Å²) in [5.41, 5.74) is 7.85. The summed E-state index contributed by atoms with van der Waals surface area (Å²) in [5, 5.41) is 0. The van der Waals surface area contributed by atoms with E-state index in [1.165, 1.54) is 50.5 Å². The first-order valence-electron chi connectivity index (χ1n) is 12.1. The maximum atomic E-state index is 5.82. The van der Waals surface area contributed by atoms with Gasteiger partial charge in [0.15, 0.2) is 0 Å². The van der Waals surface area contributed by atoms with E-state index in [1.807, 2.05) is 24.3 Å². The first-order valence-corrected chi connectivity index (χ1v) is 12.1. The van der Waals surface area contributed by atoms with Crippen LogP contribution in [0.25, 0.3) is 0 Å². The minimum absolute atomic E-state index is 0.465. The first-order chi connectivity index (χ1) is 15.8. The fraction of sp³-hybridized carbons (Fsp3) is 0.556. The molecule has 32 heavy (non-hydrogen) atoms. The van der Waals surface area contributed by atoms with Gasteiger partial charge in [-0.3, -0.25) is 0 Å². The molecule has 2 rings (SSSR count). The van der Waals surface area contributed by atoms with Crippen molar-refractivity contribution in [2.45, 2.75) is 58.3 Å². The number of rotatable bonds is 19. The quantitative estimate of drug-likeness (QED) is 0.211. The average Bonchev–Trinajstić information content (AvgIpc) is 2.81. The first kappa shape index (κ1) is 26.0. The molecule has 2 N–H and O–H groups in total. The van der Waals surface area contributed by atoms with Crippen LogP contribution in [0.15, 0.2) is 48.5 Å². The number of benzene rings is 2. The lowest BCUT2D eigenvalue weighted by atomic mass is 10.0. The molecular weight excluding hydrogens is 402 g/mol. The number of aryl methyl sites for hydroxylation is 1. The minimum atomic E-state index is 0.465. The zero-order valence-electron chi connectivity index (χ0n) is 19.7. The second-order valence-electron chi connectivity index (χ2n) is 7.97. The van der Waals surface area contributed by atoms with Crippen LogP contribution in [-0.2, 0) is 15.9 Å². The zero-order chi connectivity index (χ0) is 22.7. The number of hydrogen-bond donors (Lipinski definition) is 1. The van der Waals surface area contributed by atoms with Crippen LogP contribution >= 0.6 is 0 Å². The van der Waals surface area contributed by atoms with Crippen LogP contribution in [0.2, 0.25) is 0 Å². The molecular formula is C27H41NO4. The molecule has 0 unspecified atom stereocenters. The van der Waals surface area contributed by atoms with Crippen LogP contribution < -0.4 is 15.2 Å². The Kier molecular flexibility index (Phi) is 14.1. The number of ether oxygens (including phenoxy) is 4. The Morgan fingerprint density at radius 1 is 0.625 bits per heavy atom. The highest BCUT2D eigenvalue weighted by Crippen LogP contribution is 2.19. The van der Waals surface area contributed by atoms with E-state index in [4.69, 9.17) is 24.7 Å². The lowest BCUT2D eigenvalue weighted by Crippen LogP contribution is -2.13. The summed E-state index contributed by atoms with van der Waals surface area (Å²) >= 11 is 0. The number of anilines is 1. The summed E-state index contributed by atoms with van der Waals surface area (Å²) in [7, 11) is 0. The highest BCUT2D eigenvalue weighted by atomic mass is 16.6. The number of nitrogen functional groups attached to an aromatic ring is 1. The molecule has 0 aromatic heterocycles. The van der Waals surface area contributed by atoms with Crippen LogP contribution in [-0.4, -0.2) is 39.6 Å². The fourth-order valence-electron chi connectivity index (χ4n) is 3.40. The van der Waals surface area contributed by atoms with Gasteiger partial charge in [0.05, 0.1) is 32.1 Å². The monoisotopic (exact) mass is 443 g/mol. The van der Waals surface area contributed by atoms with Crippen molar-refractivity contribution in [2.75, 3.05) is 45.4 Å². The minimum Gasteiger partial charge on any atom is -0.491 e. The van der Waals surface area contributed by atoms with Crippen molar-refractivity contribution in [2.24, 2.45) is 0 Å². The standard InChI is InChI=1S/C27H41NO4/c1-2-3-4-5-6-7-8-11-24-14-16-25(17-15-24)31-22-20-29-18-19-30-21-23-32-27-13-10-9-12-26(27)28/h9-10,12-17H,2-8,11,18-23,28H2,1H3. The molecule has 178 valence electrons. The second-order valence-corrected chi connectivity index (χ2v) is 7.97. The molecule has 0 bridgehead atoms. The van der Waals surface area contributed by atoms with E-state index in [1.54, 1.807) is 0 Å². The maximum absolute atomic E-state index is 5.82. The molecule has 0 fully saturated rings. The van der Waals surface area contributed by atoms with Gasteiger partial charge in [0.1, 0.15) is 24.7 Å². The number of para-hydroxylation sites is 2. The smallest absolute Gasteiger partial charge is 0.142 e. The Bertz CT molecular complexity index is 705. The van der Waals surface area contributed by atoms with Crippen molar-refractivity contribution < 1.29 is 18.9 Å². The van der Waals surface area contributed by atoms with Crippen LogP contribution in [0, 0.1) is 0 Å². The molecule has 0 aliphatic carbocycles. The highest BCUT2D eigenvalue weighted by molar-refractivity contribution is 5.51. The van der Waals surface area contributed by atoms with Gasteiger partial charge in [-0.25, -0.2) is 0 Å². The third kappa shape index (κ3) is 12.0. The predicted octanol–water partition coefficient (Wildman–Crippen LogP) is 6.05. The Hall–Kier alpha value is -2.24. The highest BCUT2D eigenvalue weighted by Gasteiger charge is 1.99. The summed E-state index contributed by atoms with van der Waals surface area (Å²) in [5.74, 6) is 1.58. The van der Waals surface area contributed by atoms with E-state index in [9.17, 15) is 0 Å². The number of hydrogen-bond acceptors (Lipinski definition) is 5. The normalized spacial score (nSPS) is 10.9. The van der Waals surface area contributed by atoms with Gasteiger partial charge < -0.3 is 24.7 Å². The van der Waals surface area contributed by atoms with Gasteiger partial charge >= 0.3 is 0 Å². The number of unbranched alkanes of at least 4 members (excludes halogenated alkanes) is 6. The lowest BCUT2D eigenvalue weighted by Gasteiger charge is -2.10. The van der Waals surface area contributed by atoms with Crippen LogP contribution in [0.1, 0.15) is 57.4 Å². The van der Waals surface area contributed by atoms with Crippen molar-refractivity contribution in [3.63, 3.8) is 0 Å². The summed E-state index contributed by atoms with van der Waals surface area (Å²) in [6, 6.07) is 15.9. The maximum Gasteiger partial charge on any atom is 0.142 e. The van der Waals surface area contributed by atoms with Crippen LogP contribution in [0.5, 0.6) is 11.5 Å². The molecule has 2 aromatic rings. The molecule has 0 saturated carbocycles. The van der Waals surface area contributed by atoms with E-state index in [-0.39, 0.29) is 0 Å². The van der Waals surface area contributed by atoms with Crippen molar-refractivity contribution in [1.82, 2.24) is 0 Å². The number of nitrogens with two attached hydrogens (primary N) is 1. The Labute approximate surface area is 194 Å². The van der Waals surface area contributed by atoms with Crippen molar-refractivity contribution >= 4 is 5.69 Å². The largest absolute Gasteiger partial charge is 0.491 e. The summed E-state index contributed by atoms with van der Waals surface area (Å²) in [6.07, 6.45) is 10.6. The SMILES string of the molecule is CCCCCCCCCc1ccc(OCCOCCOCCOc2ccccc2N)cc1. The molecule has 0 saturated heterocycles. The van der Waals surface area contributed by atoms with Gasteiger partial charge in [0.25, 0.3) is 0 Å². The van der Waals surface area contributed by atoms with E-state index < -0.39 is 0 Å². The van der Waals surface area contributed by atoms with Crippen LogP contribution in [0.3, 0.4) is 0 Å². The van der Waals surface area contributed by atoms with Crippen molar-refractivity contribution in [3.8, 4) is 11.5 Å². The third-order valence-corrected chi connectivity index (χ3v) is 5.27. The molecule has 0 aliphatic rings. The summed E-state index contributed by atoms with van der Waals surface area (Å²) in [6.45, 7) is 5.37. The molecule has 0 spiro atoms. The third-order valence-electron chi connectivity index (χ3n) is 5.27. The van der Waals surface area contributed by atoms with Crippen molar-refractivity contribution in [3.05, 3.63) is 54.1 Å². The van der Waals surface area contributed by atoms with E-state index in [2.05, 4.69) is 31.2 Å². The second kappa shape index (κ2) is 17.3. The zero-order valence-corrected chi connectivity index (χ0v) is 19.7. The van der Waals surface area contributed by atoms with E-state index >= 15 is 0 Å². The van der Waals surface area contributed by atoms with Gasteiger partial charge in [-0.05, 0) is 42.7 Å². The molecule has 0 aliphatic heterocycles. The fourth-order valence-corrected chi connectivity index (χ4v) is 3.40. The molecule has 2 aromatic carbocycles. The van der Waals surface area contributed by atoms with Crippen LogP contribution in [0.4, 0.5) is 5.69 Å². The molecule has 5 nitrogen and oxygen atoms in total. The van der Waals surface area contributed by atoms with Gasteiger partial charge in [-0.2, -0.15) is 0 Å². The Morgan fingerprint density at radius 3 is 1.91 bits per heavy atom. The van der Waals surface area contributed by atoms with E-state index in [0.29, 0.717) is 51.1 Å². The van der Waals surface area contributed by atoms with Gasteiger partial charge in [-0.15, -0.1) is 0 Å². The topological polar surface area (TPSA) is 62.9 Å². The van der Waals surface area contributed by atoms with Crippen molar-refractivity contribution in [1.29, 1.82) is 0 Å². The van der Waals surface area contributed by atoms with Gasteiger partial charge in [0, 0.05) is 0 Å². The molecule has 0 heterocycles. The van der Waals surface area contributed by atoms with Gasteiger partial charge in [-0.1, -0.05) is 69.7 Å². The molecule has 5 heteroatoms. The van der Waals surface area contributed by atoms with E-state index in [0.717, 1.165) is 12.2 Å². The molecule has 0 radical (unpaired) electrons. The predicted molar refractivity (Wildman–Crippen MR) is 132 cm³/mol.